The Morgan fingerprint density at radius 1 is 1.08 bits per heavy atom. The lowest BCUT2D eigenvalue weighted by atomic mass is 9.89. The van der Waals surface area contributed by atoms with Gasteiger partial charge >= 0.3 is 0 Å². The summed E-state index contributed by atoms with van der Waals surface area (Å²) in [4.78, 5) is 19.3. The van der Waals surface area contributed by atoms with Gasteiger partial charge < -0.3 is 9.72 Å². The highest BCUT2D eigenvalue weighted by Crippen LogP contribution is 2.33. The second-order valence-electron chi connectivity index (χ2n) is 11.0. The van der Waals surface area contributed by atoms with Crippen molar-refractivity contribution in [3.63, 3.8) is 0 Å². The predicted molar refractivity (Wildman–Crippen MR) is 147 cm³/mol. The first-order valence-corrected chi connectivity index (χ1v) is 13.9. The zero-order valence-corrected chi connectivity index (χ0v) is 22.3. The van der Waals surface area contributed by atoms with Crippen LogP contribution in [-0.4, -0.2) is 55.9 Å². The maximum atomic E-state index is 13.7. The molecule has 0 unspecified atom stereocenters. The highest BCUT2D eigenvalue weighted by molar-refractivity contribution is 5.83. The van der Waals surface area contributed by atoms with Crippen molar-refractivity contribution in [2.75, 3.05) is 19.7 Å². The zero-order valence-electron chi connectivity index (χ0n) is 22.3. The van der Waals surface area contributed by atoms with Crippen LogP contribution in [0.1, 0.15) is 59.8 Å². The Labute approximate surface area is 223 Å². The van der Waals surface area contributed by atoms with Gasteiger partial charge in [-0.15, -0.1) is 5.10 Å². The molecule has 38 heavy (non-hydrogen) atoms. The molecule has 0 radical (unpaired) electrons. The smallest absolute Gasteiger partial charge is 0.253 e. The summed E-state index contributed by atoms with van der Waals surface area (Å²) in [6.07, 6.45) is 5.40. The summed E-state index contributed by atoms with van der Waals surface area (Å²) in [5, 5.41) is 13.9. The van der Waals surface area contributed by atoms with Crippen molar-refractivity contribution in [2.24, 2.45) is 5.92 Å². The number of hydrogen-bond acceptors (Lipinski definition) is 6. The minimum absolute atomic E-state index is 0.0747. The molecule has 2 saturated heterocycles. The maximum Gasteiger partial charge on any atom is 0.253 e. The van der Waals surface area contributed by atoms with E-state index in [1.54, 1.807) is 0 Å². The van der Waals surface area contributed by atoms with E-state index in [1.165, 1.54) is 11.1 Å². The average Bonchev–Trinajstić information content (AvgIpc) is 3.62. The molecule has 2 aliphatic heterocycles. The fourth-order valence-corrected chi connectivity index (χ4v) is 6.13. The third-order valence-electron chi connectivity index (χ3n) is 8.46. The standard InChI is InChI=1S/C30H36N6O2/c1-20-10-11-24-18-26(30(37)31-27(24)21(20)2)28(29-32-33-34-36(29)19-25-9-6-16-38-25)35-14-12-23(13-15-35)17-22-7-4-3-5-8-22/h3-5,7-8,10-11,18,23,25,28H,6,9,12-17,19H2,1-2H3,(H,31,37)/t25-,28+/m1/s1. The SMILES string of the molecule is Cc1ccc2cc([C@@H](c3nnnn3C[C@H]3CCCO3)N3CCC(Cc4ccccc4)CC3)c(=O)[nH]c2c1C. The molecular weight excluding hydrogens is 476 g/mol. The van der Waals surface area contributed by atoms with Crippen molar-refractivity contribution < 1.29 is 4.74 Å². The van der Waals surface area contributed by atoms with E-state index >= 15 is 0 Å². The molecule has 2 aromatic heterocycles. The van der Waals surface area contributed by atoms with Crippen molar-refractivity contribution in [1.82, 2.24) is 30.1 Å². The molecule has 0 aliphatic carbocycles. The quantitative estimate of drug-likeness (QED) is 0.396. The average molecular weight is 513 g/mol. The van der Waals surface area contributed by atoms with Gasteiger partial charge in [-0.3, -0.25) is 9.69 Å². The van der Waals surface area contributed by atoms with Crippen molar-refractivity contribution in [2.45, 2.75) is 64.6 Å². The molecule has 6 rings (SSSR count). The van der Waals surface area contributed by atoms with E-state index in [0.29, 0.717) is 18.0 Å². The van der Waals surface area contributed by atoms with Crippen LogP contribution in [0, 0.1) is 19.8 Å². The van der Waals surface area contributed by atoms with Crippen LogP contribution in [0.5, 0.6) is 0 Å². The summed E-state index contributed by atoms with van der Waals surface area (Å²) in [7, 11) is 0. The number of piperidine rings is 1. The third kappa shape index (κ3) is 5.02. The van der Waals surface area contributed by atoms with Crippen molar-refractivity contribution in [1.29, 1.82) is 0 Å². The van der Waals surface area contributed by atoms with Gasteiger partial charge in [0.05, 0.1) is 18.2 Å². The van der Waals surface area contributed by atoms with Crippen LogP contribution >= 0.6 is 0 Å². The van der Waals surface area contributed by atoms with E-state index in [-0.39, 0.29) is 17.7 Å². The van der Waals surface area contributed by atoms with E-state index in [0.717, 1.165) is 74.1 Å². The van der Waals surface area contributed by atoms with Gasteiger partial charge in [-0.25, -0.2) is 4.68 Å². The molecule has 2 fully saturated rings. The molecule has 8 heteroatoms. The molecule has 2 aliphatic rings. The van der Waals surface area contributed by atoms with Crippen molar-refractivity contribution >= 4 is 10.9 Å². The Morgan fingerprint density at radius 3 is 2.66 bits per heavy atom. The van der Waals surface area contributed by atoms with Crippen LogP contribution in [0.2, 0.25) is 0 Å². The van der Waals surface area contributed by atoms with E-state index < -0.39 is 0 Å². The van der Waals surface area contributed by atoms with Gasteiger partial charge in [0, 0.05) is 12.2 Å². The first-order chi connectivity index (χ1) is 18.6. The Morgan fingerprint density at radius 2 is 1.89 bits per heavy atom. The number of aromatic nitrogens is 5. The van der Waals surface area contributed by atoms with Gasteiger partial charge in [0.1, 0.15) is 6.04 Å². The molecular formula is C30H36N6O2. The molecule has 2 aromatic carbocycles. The normalized spacial score (nSPS) is 19.8. The highest BCUT2D eigenvalue weighted by atomic mass is 16.5. The lowest BCUT2D eigenvalue weighted by Crippen LogP contribution is -2.41. The van der Waals surface area contributed by atoms with Gasteiger partial charge in [0.2, 0.25) is 0 Å². The van der Waals surface area contributed by atoms with E-state index in [1.807, 2.05) is 10.7 Å². The fraction of sp³-hybridized carbons (Fsp3) is 0.467. The topological polar surface area (TPSA) is 88.9 Å². The molecule has 2 atom stereocenters. The minimum atomic E-state index is -0.321. The molecule has 0 spiro atoms. The lowest BCUT2D eigenvalue weighted by Gasteiger charge is -2.37. The number of tetrazole rings is 1. The van der Waals surface area contributed by atoms with Crippen molar-refractivity contribution in [3.05, 3.63) is 87.0 Å². The number of nitrogens with zero attached hydrogens (tertiary/aromatic N) is 5. The molecule has 198 valence electrons. The lowest BCUT2D eigenvalue weighted by molar-refractivity contribution is 0.0892. The van der Waals surface area contributed by atoms with Crippen LogP contribution in [0.3, 0.4) is 0 Å². The van der Waals surface area contributed by atoms with Crippen LogP contribution in [0.4, 0.5) is 0 Å². The Balaban J connectivity index is 1.34. The molecule has 4 heterocycles. The number of aryl methyl sites for hydroxylation is 2. The summed E-state index contributed by atoms with van der Waals surface area (Å²) in [5.41, 5.74) is 5.18. The third-order valence-corrected chi connectivity index (χ3v) is 8.46. The number of nitrogens with one attached hydrogen (secondary N) is 1. The van der Waals surface area contributed by atoms with Crippen LogP contribution in [0.25, 0.3) is 10.9 Å². The largest absolute Gasteiger partial charge is 0.376 e. The second-order valence-corrected chi connectivity index (χ2v) is 11.0. The second kappa shape index (κ2) is 10.8. The summed E-state index contributed by atoms with van der Waals surface area (Å²) < 4.78 is 7.75. The molecule has 0 saturated carbocycles. The molecule has 0 bridgehead atoms. The number of fused-ring (bicyclic) bond motifs is 1. The summed E-state index contributed by atoms with van der Waals surface area (Å²) in [6.45, 7) is 7.29. The van der Waals surface area contributed by atoms with Gasteiger partial charge in [-0.05, 0) is 104 Å². The summed E-state index contributed by atoms with van der Waals surface area (Å²) in [5.74, 6) is 1.34. The van der Waals surface area contributed by atoms with Gasteiger partial charge in [0.15, 0.2) is 5.82 Å². The first kappa shape index (κ1) is 24.9. The van der Waals surface area contributed by atoms with E-state index in [2.05, 4.69) is 81.7 Å². The van der Waals surface area contributed by atoms with Crippen LogP contribution < -0.4 is 5.56 Å². The molecule has 4 aromatic rings. The monoisotopic (exact) mass is 512 g/mol. The van der Waals surface area contributed by atoms with Crippen LogP contribution in [-0.2, 0) is 17.7 Å². The predicted octanol–water partition coefficient (Wildman–Crippen LogP) is 4.35. The van der Waals surface area contributed by atoms with Gasteiger partial charge in [-0.1, -0.05) is 42.5 Å². The van der Waals surface area contributed by atoms with E-state index in [9.17, 15) is 4.79 Å². The number of likely N-dealkylation sites (tertiary alicyclic amines) is 1. The van der Waals surface area contributed by atoms with Crippen LogP contribution in [0.15, 0.2) is 53.3 Å². The fourth-order valence-electron chi connectivity index (χ4n) is 6.13. The Bertz CT molecular complexity index is 1450. The summed E-state index contributed by atoms with van der Waals surface area (Å²) in [6, 6.07) is 16.7. The Hall–Kier alpha value is -3.36. The number of H-pyrrole nitrogens is 1. The van der Waals surface area contributed by atoms with Gasteiger partial charge in [-0.2, -0.15) is 0 Å². The summed E-state index contributed by atoms with van der Waals surface area (Å²) >= 11 is 0. The number of benzene rings is 2. The number of aromatic amines is 1. The number of pyridine rings is 1. The number of ether oxygens (including phenoxy) is 1. The molecule has 8 nitrogen and oxygen atoms in total. The van der Waals surface area contributed by atoms with Crippen molar-refractivity contribution in [3.8, 4) is 0 Å². The van der Waals surface area contributed by atoms with Gasteiger partial charge in [0.25, 0.3) is 5.56 Å². The molecule has 1 N–H and O–H groups in total. The van der Waals surface area contributed by atoms with E-state index in [4.69, 9.17) is 4.74 Å². The molecule has 0 amide bonds. The maximum absolute atomic E-state index is 13.7. The number of rotatable bonds is 7. The minimum Gasteiger partial charge on any atom is -0.376 e. The Kier molecular flexibility index (Phi) is 7.08. The highest BCUT2D eigenvalue weighted by Gasteiger charge is 2.34. The zero-order chi connectivity index (χ0) is 26.1. The first-order valence-electron chi connectivity index (χ1n) is 13.9. The number of hydrogen-bond donors (Lipinski definition) is 1.